The molecule has 0 N–H and O–H groups in total. The lowest BCUT2D eigenvalue weighted by Crippen LogP contribution is -2.00. The fraction of sp³-hybridized carbons (Fsp3) is 0. The first-order chi connectivity index (χ1) is 22.8. The molecule has 0 aliphatic rings. The molecule has 0 saturated carbocycles. The van der Waals surface area contributed by atoms with E-state index in [1.165, 1.54) is 5.39 Å². The van der Waals surface area contributed by atoms with Crippen molar-refractivity contribution < 1.29 is 8.83 Å². The molecule has 0 aliphatic heterocycles. The van der Waals surface area contributed by atoms with Gasteiger partial charge >= 0.3 is 0 Å². The smallest absolute Gasteiger partial charge is 0.164 e. The van der Waals surface area contributed by atoms with Gasteiger partial charge in [0.15, 0.2) is 17.5 Å². The fourth-order valence-electron chi connectivity index (χ4n) is 6.68. The summed E-state index contributed by atoms with van der Waals surface area (Å²) < 4.78 is 12.8. The zero-order valence-corrected chi connectivity index (χ0v) is 24.4. The predicted octanol–water partition coefficient (Wildman–Crippen LogP) is 11.0. The van der Waals surface area contributed by atoms with Crippen LogP contribution < -0.4 is 0 Å². The number of hydrogen-bond donors (Lipinski definition) is 0. The van der Waals surface area contributed by atoms with Gasteiger partial charge in [-0.3, -0.25) is 0 Å². The fourth-order valence-corrected chi connectivity index (χ4v) is 6.68. The summed E-state index contributed by atoms with van der Waals surface area (Å²) in [6.45, 7) is 0. The van der Waals surface area contributed by atoms with Gasteiger partial charge < -0.3 is 8.83 Å². The summed E-state index contributed by atoms with van der Waals surface area (Å²) in [5.41, 5.74) is 6.05. The van der Waals surface area contributed by atoms with Gasteiger partial charge in [-0.1, -0.05) is 97.1 Å². The Morgan fingerprint density at radius 2 is 1.09 bits per heavy atom. The third-order valence-corrected chi connectivity index (χ3v) is 8.89. The highest BCUT2D eigenvalue weighted by molar-refractivity contribution is 6.18. The number of benzene rings is 7. The van der Waals surface area contributed by atoms with Gasteiger partial charge in [0.25, 0.3) is 0 Å². The average Bonchev–Trinajstić information content (AvgIpc) is 3.68. The molecule has 0 amide bonds. The first-order valence-electron chi connectivity index (χ1n) is 15.3. The van der Waals surface area contributed by atoms with Crippen molar-refractivity contribution in [2.24, 2.45) is 0 Å². The van der Waals surface area contributed by atoms with Gasteiger partial charge in [0.1, 0.15) is 22.3 Å². The number of aromatic nitrogens is 3. The summed E-state index contributed by atoms with van der Waals surface area (Å²) >= 11 is 0. The minimum atomic E-state index is 0.591. The molecule has 0 bridgehead atoms. The van der Waals surface area contributed by atoms with E-state index >= 15 is 0 Å². The Balaban J connectivity index is 1.22. The van der Waals surface area contributed by atoms with E-state index in [2.05, 4.69) is 66.7 Å². The van der Waals surface area contributed by atoms with Crippen LogP contribution in [0.4, 0.5) is 0 Å². The summed E-state index contributed by atoms with van der Waals surface area (Å²) in [4.78, 5) is 15.2. The van der Waals surface area contributed by atoms with Crippen molar-refractivity contribution in [2.75, 3.05) is 0 Å². The monoisotopic (exact) mass is 589 g/mol. The molecule has 10 rings (SSSR count). The maximum atomic E-state index is 6.49. The van der Waals surface area contributed by atoms with E-state index in [0.717, 1.165) is 76.7 Å². The van der Waals surface area contributed by atoms with Gasteiger partial charge in [-0.05, 0) is 58.6 Å². The molecule has 0 aliphatic carbocycles. The lowest BCUT2D eigenvalue weighted by Gasteiger charge is -2.09. The van der Waals surface area contributed by atoms with Crippen LogP contribution in [0.2, 0.25) is 0 Å². The largest absolute Gasteiger partial charge is 0.456 e. The van der Waals surface area contributed by atoms with E-state index < -0.39 is 0 Å². The summed E-state index contributed by atoms with van der Waals surface area (Å²) in [6.07, 6.45) is 0. The Morgan fingerprint density at radius 3 is 1.96 bits per heavy atom. The van der Waals surface area contributed by atoms with Gasteiger partial charge in [0, 0.05) is 43.6 Å². The zero-order chi connectivity index (χ0) is 30.2. The van der Waals surface area contributed by atoms with E-state index in [0.29, 0.717) is 17.5 Å². The molecule has 7 aromatic carbocycles. The third-order valence-electron chi connectivity index (χ3n) is 8.89. The first kappa shape index (κ1) is 25.0. The Morgan fingerprint density at radius 1 is 0.370 bits per heavy atom. The third kappa shape index (κ3) is 3.79. The maximum absolute atomic E-state index is 6.49. The van der Waals surface area contributed by atoms with E-state index in [-0.39, 0.29) is 0 Å². The molecule has 0 atom stereocenters. The summed E-state index contributed by atoms with van der Waals surface area (Å²) in [5, 5.41) is 8.65. The van der Waals surface area contributed by atoms with Crippen LogP contribution in [0.15, 0.2) is 148 Å². The number of hydrogen-bond acceptors (Lipinski definition) is 5. The second kappa shape index (κ2) is 9.58. The lowest BCUT2D eigenvalue weighted by atomic mass is 10.0. The molecular weight excluding hydrogens is 566 g/mol. The molecule has 46 heavy (non-hydrogen) atoms. The minimum absolute atomic E-state index is 0.591. The Bertz CT molecular complexity index is 2810. The van der Waals surface area contributed by atoms with Crippen LogP contribution >= 0.6 is 0 Å². The zero-order valence-electron chi connectivity index (χ0n) is 24.4. The summed E-state index contributed by atoms with van der Waals surface area (Å²) in [5.74, 6) is 1.79. The van der Waals surface area contributed by atoms with Crippen molar-refractivity contribution in [3.63, 3.8) is 0 Å². The first-order valence-corrected chi connectivity index (χ1v) is 15.3. The van der Waals surface area contributed by atoms with Gasteiger partial charge in [-0.15, -0.1) is 0 Å². The number of fused-ring (bicyclic) bond motifs is 9. The van der Waals surface area contributed by atoms with Crippen LogP contribution in [0.1, 0.15) is 0 Å². The topological polar surface area (TPSA) is 65.0 Å². The predicted molar refractivity (Wildman–Crippen MR) is 186 cm³/mol. The molecule has 0 spiro atoms. The van der Waals surface area contributed by atoms with Crippen molar-refractivity contribution in [3.05, 3.63) is 140 Å². The molecule has 0 unspecified atom stereocenters. The number of rotatable bonds is 3. The Kier molecular flexibility index (Phi) is 5.22. The summed E-state index contributed by atoms with van der Waals surface area (Å²) in [7, 11) is 0. The maximum Gasteiger partial charge on any atom is 0.164 e. The highest BCUT2D eigenvalue weighted by Crippen LogP contribution is 2.40. The quantitative estimate of drug-likeness (QED) is 0.205. The van der Waals surface area contributed by atoms with Crippen LogP contribution in [0.25, 0.3) is 99.6 Å². The highest BCUT2D eigenvalue weighted by atomic mass is 16.3. The Hall–Kier alpha value is -6.33. The SMILES string of the molecule is c1ccc(-c2nc(-c3ccc4oc5cc6ccccc6cc5c4c3)nc(-c3cccc4oc5c6ccccc6ccc5c34)n2)cc1. The second-order valence-corrected chi connectivity index (χ2v) is 11.6. The molecule has 0 radical (unpaired) electrons. The van der Waals surface area contributed by atoms with Crippen molar-refractivity contribution in [3.8, 4) is 34.2 Å². The van der Waals surface area contributed by atoms with E-state index in [9.17, 15) is 0 Å². The molecule has 5 nitrogen and oxygen atoms in total. The number of furan rings is 2. The van der Waals surface area contributed by atoms with Crippen LogP contribution in [0, 0.1) is 0 Å². The van der Waals surface area contributed by atoms with Crippen LogP contribution in [-0.4, -0.2) is 15.0 Å². The second-order valence-electron chi connectivity index (χ2n) is 11.6. The highest BCUT2D eigenvalue weighted by Gasteiger charge is 2.19. The van der Waals surface area contributed by atoms with E-state index in [1.807, 2.05) is 72.8 Å². The molecular formula is C41H23N3O2. The Labute approximate surface area is 262 Å². The molecule has 0 saturated heterocycles. The van der Waals surface area contributed by atoms with Crippen molar-refractivity contribution in [2.45, 2.75) is 0 Å². The van der Waals surface area contributed by atoms with E-state index in [4.69, 9.17) is 23.8 Å². The molecule has 3 heterocycles. The van der Waals surface area contributed by atoms with Crippen LogP contribution in [-0.2, 0) is 0 Å². The normalized spacial score (nSPS) is 11.9. The molecule has 0 fully saturated rings. The van der Waals surface area contributed by atoms with Gasteiger partial charge in [-0.25, -0.2) is 15.0 Å². The van der Waals surface area contributed by atoms with E-state index in [1.54, 1.807) is 0 Å². The van der Waals surface area contributed by atoms with Crippen molar-refractivity contribution in [1.29, 1.82) is 0 Å². The lowest BCUT2D eigenvalue weighted by molar-refractivity contribution is 0.669. The van der Waals surface area contributed by atoms with Crippen molar-refractivity contribution in [1.82, 2.24) is 15.0 Å². The number of nitrogens with zero attached hydrogens (tertiary/aromatic N) is 3. The molecule has 5 heteroatoms. The van der Waals surface area contributed by atoms with Crippen molar-refractivity contribution >= 4 is 65.4 Å². The van der Waals surface area contributed by atoms with Gasteiger partial charge in [0.2, 0.25) is 0 Å². The van der Waals surface area contributed by atoms with Gasteiger partial charge in [-0.2, -0.15) is 0 Å². The van der Waals surface area contributed by atoms with Crippen LogP contribution in [0.5, 0.6) is 0 Å². The minimum Gasteiger partial charge on any atom is -0.456 e. The average molecular weight is 590 g/mol. The standard InChI is InChI=1S/C41H23N3O2/c1-2-10-25(11-3-1)39-42-40(28-18-20-34-32(22-28)33-21-26-12-4-5-13-27(26)23-36(33)45-34)44-41(43-39)31-15-8-16-35-37(31)30-19-17-24-9-6-7-14-29(24)38(30)46-35/h1-23H. The summed E-state index contributed by atoms with van der Waals surface area (Å²) in [6, 6.07) is 47.5. The van der Waals surface area contributed by atoms with Gasteiger partial charge in [0.05, 0.1) is 0 Å². The molecule has 10 aromatic rings. The van der Waals surface area contributed by atoms with Crippen LogP contribution in [0.3, 0.4) is 0 Å². The molecule has 3 aromatic heterocycles. The molecule has 214 valence electrons.